The Balaban J connectivity index is 1.30. The molecule has 0 saturated carbocycles. The van der Waals surface area contributed by atoms with Crippen LogP contribution in [0.15, 0.2) is 36.5 Å². The Labute approximate surface area is 187 Å². The van der Waals surface area contributed by atoms with Gasteiger partial charge in [0.05, 0.1) is 46.1 Å². The van der Waals surface area contributed by atoms with E-state index in [4.69, 9.17) is 14.2 Å². The standard InChI is InChI=1S/C23H30N4O5/c1-17(28)24-7-9-30-11-13-32-14-12-31-10-8-26-23-20(3-2-6-25-23)18-4-5-19-16-22(29)27-21(19)15-18/h2-6,15H,7-14,16H2,1H3,(H,24,28)(H,25,26)(H,27,29). The second-order valence-corrected chi connectivity index (χ2v) is 7.24. The number of amides is 2. The zero-order valence-electron chi connectivity index (χ0n) is 18.3. The zero-order chi connectivity index (χ0) is 22.6. The Morgan fingerprint density at radius 2 is 1.75 bits per heavy atom. The van der Waals surface area contributed by atoms with Gasteiger partial charge in [0.2, 0.25) is 11.8 Å². The van der Waals surface area contributed by atoms with Gasteiger partial charge < -0.3 is 30.2 Å². The maximum absolute atomic E-state index is 11.6. The fourth-order valence-corrected chi connectivity index (χ4v) is 3.24. The van der Waals surface area contributed by atoms with Gasteiger partial charge in [-0.25, -0.2) is 4.98 Å². The highest BCUT2D eigenvalue weighted by atomic mass is 16.5. The number of rotatable bonds is 14. The Morgan fingerprint density at radius 3 is 2.50 bits per heavy atom. The molecule has 2 heterocycles. The molecule has 1 aliphatic rings. The number of pyridine rings is 1. The van der Waals surface area contributed by atoms with Crippen LogP contribution in [0.2, 0.25) is 0 Å². The maximum Gasteiger partial charge on any atom is 0.228 e. The first-order valence-electron chi connectivity index (χ1n) is 10.7. The van der Waals surface area contributed by atoms with Crippen molar-refractivity contribution in [1.82, 2.24) is 10.3 Å². The van der Waals surface area contributed by atoms with Gasteiger partial charge in [-0.15, -0.1) is 0 Å². The molecule has 1 aromatic carbocycles. The van der Waals surface area contributed by atoms with Crippen LogP contribution in [0.3, 0.4) is 0 Å². The lowest BCUT2D eigenvalue weighted by atomic mass is 10.0. The monoisotopic (exact) mass is 442 g/mol. The van der Waals surface area contributed by atoms with Gasteiger partial charge >= 0.3 is 0 Å². The third-order valence-corrected chi connectivity index (χ3v) is 4.76. The fourth-order valence-electron chi connectivity index (χ4n) is 3.24. The number of hydrogen-bond acceptors (Lipinski definition) is 7. The minimum absolute atomic E-state index is 0.0253. The topological polar surface area (TPSA) is 111 Å². The molecule has 0 aliphatic carbocycles. The number of anilines is 2. The molecule has 3 rings (SSSR count). The highest BCUT2D eigenvalue weighted by Crippen LogP contribution is 2.32. The molecule has 0 saturated heterocycles. The Morgan fingerprint density at radius 1 is 1.03 bits per heavy atom. The molecule has 172 valence electrons. The predicted molar refractivity (Wildman–Crippen MR) is 122 cm³/mol. The number of nitrogens with one attached hydrogen (secondary N) is 3. The van der Waals surface area contributed by atoms with E-state index in [1.165, 1.54) is 6.92 Å². The van der Waals surface area contributed by atoms with Crippen LogP contribution >= 0.6 is 0 Å². The van der Waals surface area contributed by atoms with Gasteiger partial charge in [0.1, 0.15) is 5.82 Å². The van der Waals surface area contributed by atoms with Gasteiger partial charge in [-0.2, -0.15) is 0 Å². The summed E-state index contributed by atoms with van der Waals surface area (Å²) < 4.78 is 16.4. The van der Waals surface area contributed by atoms with Crippen molar-refractivity contribution in [2.24, 2.45) is 0 Å². The summed E-state index contributed by atoms with van der Waals surface area (Å²) in [4.78, 5) is 26.8. The van der Waals surface area contributed by atoms with E-state index in [-0.39, 0.29) is 11.8 Å². The average Bonchev–Trinajstić information content (AvgIpc) is 3.16. The minimum Gasteiger partial charge on any atom is -0.377 e. The fraction of sp³-hybridized carbons (Fsp3) is 0.435. The number of fused-ring (bicyclic) bond motifs is 1. The van der Waals surface area contributed by atoms with E-state index in [1.54, 1.807) is 6.20 Å². The van der Waals surface area contributed by atoms with Crippen molar-refractivity contribution >= 4 is 23.3 Å². The molecule has 1 aromatic heterocycles. The number of hydrogen-bond donors (Lipinski definition) is 3. The third-order valence-electron chi connectivity index (χ3n) is 4.76. The molecule has 0 spiro atoms. The van der Waals surface area contributed by atoms with Gasteiger partial charge in [0, 0.05) is 37.5 Å². The van der Waals surface area contributed by atoms with Gasteiger partial charge in [-0.1, -0.05) is 12.1 Å². The number of carbonyl (C=O) groups is 2. The van der Waals surface area contributed by atoms with E-state index < -0.39 is 0 Å². The summed E-state index contributed by atoms with van der Waals surface area (Å²) in [6.45, 7) is 5.54. The summed E-state index contributed by atoms with van der Waals surface area (Å²) in [5.74, 6) is 0.735. The van der Waals surface area contributed by atoms with Crippen LogP contribution in [0, 0.1) is 0 Å². The summed E-state index contributed by atoms with van der Waals surface area (Å²) in [7, 11) is 0. The summed E-state index contributed by atoms with van der Waals surface area (Å²) in [5, 5.41) is 8.86. The zero-order valence-corrected chi connectivity index (χ0v) is 18.3. The van der Waals surface area contributed by atoms with E-state index >= 15 is 0 Å². The molecule has 9 nitrogen and oxygen atoms in total. The normalized spacial score (nSPS) is 12.3. The van der Waals surface area contributed by atoms with Gasteiger partial charge in [-0.3, -0.25) is 9.59 Å². The van der Waals surface area contributed by atoms with Gasteiger partial charge in [0.15, 0.2) is 0 Å². The molecule has 9 heteroatoms. The molecule has 0 radical (unpaired) electrons. The summed E-state index contributed by atoms with van der Waals surface area (Å²) >= 11 is 0. The average molecular weight is 443 g/mol. The number of aromatic nitrogens is 1. The number of carbonyl (C=O) groups excluding carboxylic acids is 2. The number of benzene rings is 1. The first-order chi connectivity index (χ1) is 15.6. The molecule has 2 amide bonds. The molecule has 0 fully saturated rings. The summed E-state index contributed by atoms with van der Waals surface area (Å²) in [6, 6.07) is 9.87. The number of ether oxygens (including phenoxy) is 3. The molecular formula is C23H30N4O5. The van der Waals surface area contributed by atoms with Crippen molar-refractivity contribution in [2.45, 2.75) is 13.3 Å². The Kier molecular flexibility index (Phi) is 9.42. The van der Waals surface area contributed by atoms with E-state index in [2.05, 4.69) is 20.9 Å². The third kappa shape index (κ3) is 7.60. The Hall–Kier alpha value is -3.01. The van der Waals surface area contributed by atoms with Crippen LogP contribution in [0.4, 0.5) is 11.5 Å². The quantitative estimate of drug-likeness (QED) is 0.383. The lowest BCUT2D eigenvalue weighted by Gasteiger charge is -2.12. The largest absolute Gasteiger partial charge is 0.377 e. The van der Waals surface area contributed by atoms with Crippen LogP contribution < -0.4 is 16.0 Å². The van der Waals surface area contributed by atoms with Crippen molar-refractivity contribution in [3.8, 4) is 11.1 Å². The van der Waals surface area contributed by atoms with E-state index in [9.17, 15) is 9.59 Å². The SMILES string of the molecule is CC(=O)NCCOCCOCCOCCNc1ncccc1-c1ccc2c(c1)NC(=O)C2. The molecular weight excluding hydrogens is 412 g/mol. The smallest absolute Gasteiger partial charge is 0.228 e. The summed E-state index contributed by atoms with van der Waals surface area (Å²) in [6.07, 6.45) is 2.17. The second-order valence-electron chi connectivity index (χ2n) is 7.24. The van der Waals surface area contributed by atoms with Crippen molar-refractivity contribution in [3.05, 3.63) is 42.1 Å². The minimum atomic E-state index is -0.0611. The van der Waals surface area contributed by atoms with Crippen LogP contribution in [-0.4, -0.2) is 69.5 Å². The molecule has 1 aliphatic heterocycles. The second kappa shape index (κ2) is 12.7. The van der Waals surface area contributed by atoms with Crippen LogP contribution in [-0.2, 0) is 30.2 Å². The van der Waals surface area contributed by atoms with Crippen LogP contribution in [0.25, 0.3) is 11.1 Å². The lowest BCUT2D eigenvalue weighted by molar-refractivity contribution is -0.119. The first kappa shape index (κ1) is 23.6. The lowest BCUT2D eigenvalue weighted by Crippen LogP contribution is -2.25. The Bertz CT molecular complexity index is 906. The van der Waals surface area contributed by atoms with E-state index in [0.29, 0.717) is 59.2 Å². The molecule has 2 aromatic rings. The van der Waals surface area contributed by atoms with Crippen LogP contribution in [0.5, 0.6) is 0 Å². The molecule has 0 atom stereocenters. The van der Waals surface area contributed by atoms with E-state index in [1.807, 2.05) is 30.3 Å². The highest BCUT2D eigenvalue weighted by Gasteiger charge is 2.18. The van der Waals surface area contributed by atoms with Crippen LogP contribution in [0.1, 0.15) is 12.5 Å². The highest BCUT2D eigenvalue weighted by molar-refractivity contribution is 6.00. The van der Waals surface area contributed by atoms with Gasteiger partial charge in [0.25, 0.3) is 0 Å². The summed E-state index contributed by atoms with van der Waals surface area (Å²) in [5.41, 5.74) is 3.85. The number of nitrogens with zero attached hydrogens (tertiary/aromatic N) is 1. The molecule has 32 heavy (non-hydrogen) atoms. The van der Waals surface area contributed by atoms with E-state index in [0.717, 1.165) is 28.2 Å². The molecule has 0 bridgehead atoms. The van der Waals surface area contributed by atoms with Crippen molar-refractivity contribution in [1.29, 1.82) is 0 Å². The van der Waals surface area contributed by atoms with Crippen molar-refractivity contribution < 1.29 is 23.8 Å². The first-order valence-corrected chi connectivity index (χ1v) is 10.7. The predicted octanol–water partition coefficient (Wildman–Crippen LogP) is 1.84. The maximum atomic E-state index is 11.6. The molecule has 0 unspecified atom stereocenters. The van der Waals surface area contributed by atoms with Gasteiger partial charge in [-0.05, 0) is 29.3 Å². The van der Waals surface area contributed by atoms with Crippen molar-refractivity contribution in [2.75, 3.05) is 63.4 Å². The van der Waals surface area contributed by atoms with Crippen molar-refractivity contribution in [3.63, 3.8) is 0 Å². The molecule has 3 N–H and O–H groups in total.